The monoisotopic (exact) mass is 435 g/mol. The van der Waals surface area contributed by atoms with Crippen molar-refractivity contribution in [3.8, 4) is 5.69 Å². The lowest BCUT2D eigenvalue weighted by Gasteiger charge is -2.22. The number of imide groups is 1. The Kier molecular flexibility index (Phi) is 5.19. The number of para-hydroxylation sites is 1. The van der Waals surface area contributed by atoms with Gasteiger partial charge in [-0.1, -0.05) is 41.9 Å². The highest BCUT2D eigenvalue weighted by Crippen LogP contribution is 2.30. The van der Waals surface area contributed by atoms with Crippen LogP contribution >= 0.6 is 11.6 Å². The normalized spacial score (nSPS) is 18.4. The Morgan fingerprint density at radius 1 is 1.03 bits per heavy atom. The molecule has 1 aliphatic rings. The van der Waals surface area contributed by atoms with Crippen LogP contribution in [0.2, 0.25) is 5.02 Å². The molecule has 0 spiro atoms. The van der Waals surface area contributed by atoms with Crippen molar-refractivity contribution in [2.24, 2.45) is 0 Å². The highest BCUT2D eigenvalue weighted by molar-refractivity contribution is 6.30. The number of carbonyl (C=O) groups excluding carboxylic acids is 3. The molecule has 2 heterocycles. The van der Waals surface area contributed by atoms with Crippen molar-refractivity contribution in [2.45, 2.75) is 26.3 Å². The third kappa shape index (κ3) is 3.53. The highest BCUT2D eigenvalue weighted by Gasteiger charge is 2.49. The third-order valence-corrected chi connectivity index (χ3v) is 6.00. The van der Waals surface area contributed by atoms with Crippen LogP contribution in [0.25, 0.3) is 5.69 Å². The van der Waals surface area contributed by atoms with E-state index in [1.807, 2.05) is 48.7 Å². The van der Waals surface area contributed by atoms with Crippen LogP contribution in [0.4, 0.5) is 4.79 Å². The van der Waals surface area contributed by atoms with Crippen molar-refractivity contribution in [1.29, 1.82) is 0 Å². The number of ketones is 1. The van der Waals surface area contributed by atoms with E-state index in [9.17, 15) is 14.4 Å². The summed E-state index contributed by atoms with van der Waals surface area (Å²) < 4.78 is 1.98. The number of carbonyl (C=O) groups is 3. The molecule has 6 nitrogen and oxygen atoms in total. The van der Waals surface area contributed by atoms with Gasteiger partial charge in [0.25, 0.3) is 5.91 Å². The Morgan fingerprint density at radius 3 is 2.32 bits per heavy atom. The van der Waals surface area contributed by atoms with Crippen LogP contribution in [0.3, 0.4) is 0 Å². The third-order valence-electron chi connectivity index (χ3n) is 5.74. The summed E-state index contributed by atoms with van der Waals surface area (Å²) in [5.74, 6) is -0.760. The lowest BCUT2D eigenvalue weighted by molar-refractivity contribution is -0.130. The average Bonchev–Trinajstić information content (AvgIpc) is 3.16. The Balaban J connectivity index is 1.60. The Labute approximate surface area is 185 Å². The van der Waals surface area contributed by atoms with E-state index in [1.54, 1.807) is 37.3 Å². The first kappa shape index (κ1) is 20.9. The minimum absolute atomic E-state index is 0.292. The molecule has 1 atom stereocenters. The zero-order valence-electron chi connectivity index (χ0n) is 17.5. The maximum absolute atomic E-state index is 13.1. The van der Waals surface area contributed by atoms with Crippen LogP contribution in [-0.4, -0.2) is 33.7 Å². The number of aryl methyl sites for hydroxylation is 1. The van der Waals surface area contributed by atoms with Crippen molar-refractivity contribution < 1.29 is 14.4 Å². The number of amides is 3. The number of rotatable bonds is 5. The molecule has 1 unspecified atom stereocenters. The molecular formula is C24H22ClN3O3. The van der Waals surface area contributed by atoms with Crippen molar-refractivity contribution in [3.05, 3.63) is 88.2 Å². The summed E-state index contributed by atoms with van der Waals surface area (Å²) in [5, 5.41) is 3.25. The largest absolute Gasteiger partial charge is 0.325 e. The van der Waals surface area contributed by atoms with Crippen LogP contribution in [0.5, 0.6) is 0 Å². The fourth-order valence-corrected chi connectivity index (χ4v) is 4.19. The van der Waals surface area contributed by atoms with Gasteiger partial charge in [0.05, 0.1) is 6.54 Å². The Morgan fingerprint density at radius 2 is 1.68 bits per heavy atom. The standard InChI is InChI=1S/C24H22ClN3O3/c1-15-13-20(16(2)28(15)19-7-5-4-6-8-19)21(29)14-27-22(30)24(3,26-23(27)31)17-9-11-18(25)12-10-17/h4-13H,14H2,1-3H3,(H,26,31). The summed E-state index contributed by atoms with van der Waals surface area (Å²) >= 11 is 5.94. The first-order valence-corrected chi connectivity index (χ1v) is 10.3. The van der Waals surface area contributed by atoms with E-state index < -0.39 is 17.5 Å². The minimum Gasteiger partial charge on any atom is -0.319 e. The molecule has 31 heavy (non-hydrogen) atoms. The molecule has 0 aliphatic carbocycles. The minimum atomic E-state index is -1.25. The summed E-state index contributed by atoms with van der Waals surface area (Å²) in [7, 11) is 0. The van der Waals surface area contributed by atoms with E-state index in [-0.39, 0.29) is 12.3 Å². The second-order valence-electron chi connectivity index (χ2n) is 7.83. The van der Waals surface area contributed by atoms with Gasteiger partial charge in [-0.05, 0) is 56.7 Å². The van der Waals surface area contributed by atoms with Crippen molar-refractivity contribution in [1.82, 2.24) is 14.8 Å². The van der Waals surface area contributed by atoms with Gasteiger partial charge in [-0.15, -0.1) is 0 Å². The molecule has 0 radical (unpaired) electrons. The molecule has 7 heteroatoms. The van der Waals surface area contributed by atoms with E-state index in [1.165, 1.54) is 0 Å². The first-order valence-electron chi connectivity index (χ1n) is 9.90. The topological polar surface area (TPSA) is 71.4 Å². The molecule has 1 saturated heterocycles. The second kappa shape index (κ2) is 7.71. The molecule has 3 aromatic rings. The van der Waals surface area contributed by atoms with Crippen LogP contribution in [-0.2, 0) is 10.3 Å². The van der Waals surface area contributed by atoms with Gasteiger partial charge in [-0.2, -0.15) is 0 Å². The number of hydrogen-bond donors (Lipinski definition) is 1. The molecular weight excluding hydrogens is 414 g/mol. The zero-order chi connectivity index (χ0) is 22.3. The van der Waals surface area contributed by atoms with Crippen molar-refractivity contribution in [2.75, 3.05) is 6.54 Å². The van der Waals surface area contributed by atoms with Crippen molar-refractivity contribution >= 4 is 29.3 Å². The zero-order valence-corrected chi connectivity index (χ0v) is 18.2. The molecule has 1 aliphatic heterocycles. The predicted molar refractivity (Wildman–Crippen MR) is 119 cm³/mol. The number of hydrogen-bond acceptors (Lipinski definition) is 3. The number of nitrogens with zero attached hydrogens (tertiary/aromatic N) is 2. The van der Waals surface area contributed by atoms with Crippen LogP contribution in [0.15, 0.2) is 60.7 Å². The SMILES string of the molecule is Cc1cc(C(=O)CN2C(=O)NC(C)(c3ccc(Cl)cc3)C2=O)c(C)n1-c1ccccc1. The Bertz CT molecular complexity index is 1180. The van der Waals surface area contributed by atoms with Crippen LogP contribution < -0.4 is 5.32 Å². The molecule has 1 fully saturated rings. The number of nitrogens with one attached hydrogen (secondary N) is 1. The summed E-state index contributed by atoms with van der Waals surface area (Å²) in [6.07, 6.45) is 0. The van der Waals surface area contributed by atoms with E-state index in [2.05, 4.69) is 5.32 Å². The van der Waals surface area contributed by atoms with Crippen LogP contribution in [0.1, 0.15) is 34.2 Å². The van der Waals surface area contributed by atoms with Gasteiger partial charge >= 0.3 is 6.03 Å². The molecule has 2 aromatic carbocycles. The average molecular weight is 436 g/mol. The van der Waals surface area contributed by atoms with E-state index >= 15 is 0 Å². The molecule has 3 amide bonds. The van der Waals surface area contributed by atoms with Gasteiger partial charge in [-0.3, -0.25) is 14.5 Å². The van der Waals surface area contributed by atoms with Crippen molar-refractivity contribution in [3.63, 3.8) is 0 Å². The maximum atomic E-state index is 13.1. The molecule has 158 valence electrons. The first-order chi connectivity index (χ1) is 14.7. The van der Waals surface area contributed by atoms with Crippen LogP contribution in [0, 0.1) is 13.8 Å². The molecule has 1 aromatic heterocycles. The summed E-state index contributed by atoms with van der Waals surface area (Å²) in [4.78, 5) is 39.8. The fourth-order valence-electron chi connectivity index (χ4n) is 4.07. The lowest BCUT2D eigenvalue weighted by atomic mass is 9.92. The summed E-state index contributed by atoms with van der Waals surface area (Å²) in [5.41, 5.74) is 2.45. The van der Waals surface area contributed by atoms with Gasteiger partial charge in [0.1, 0.15) is 5.54 Å². The Hall–Kier alpha value is -3.38. The number of benzene rings is 2. The summed E-state index contributed by atoms with van der Waals surface area (Å²) in [6, 6.07) is 17.6. The van der Waals surface area contributed by atoms with E-state index in [0.29, 0.717) is 16.1 Å². The second-order valence-corrected chi connectivity index (χ2v) is 8.27. The number of aromatic nitrogens is 1. The molecule has 0 bridgehead atoms. The quantitative estimate of drug-likeness (QED) is 0.477. The predicted octanol–water partition coefficient (Wildman–Crippen LogP) is 4.40. The maximum Gasteiger partial charge on any atom is 0.325 e. The highest BCUT2D eigenvalue weighted by atomic mass is 35.5. The smallest absolute Gasteiger partial charge is 0.319 e. The fraction of sp³-hybridized carbons (Fsp3) is 0.208. The lowest BCUT2D eigenvalue weighted by Crippen LogP contribution is -2.41. The van der Waals surface area contributed by atoms with Gasteiger partial charge in [-0.25, -0.2) is 4.79 Å². The van der Waals surface area contributed by atoms with Gasteiger partial charge in [0.2, 0.25) is 0 Å². The van der Waals surface area contributed by atoms with E-state index in [0.717, 1.165) is 22.0 Å². The summed E-state index contributed by atoms with van der Waals surface area (Å²) in [6.45, 7) is 5.08. The van der Waals surface area contributed by atoms with E-state index in [4.69, 9.17) is 11.6 Å². The van der Waals surface area contributed by atoms with Gasteiger partial charge in [0.15, 0.2) is 5.78 Å². The molecule has 1 N–H and O–H groups in total. The van der Waals surface area contributed by atoms with Gasteiger partial charge < -0.3 is 9.88 Å². The number of halogens is 1. The number of urea groups is 1. The molecule has 0 saturated carbocycles. The number of Topliss-reactive ketones (excluding diaryl/α,β-unsaturated/α-hetero) is 1. The molecule has 4 rings (SSSR count). The van der Waals surface area contributed by atoms with Gasteiger partial charge in [0, 0.05) is 27.7 Å².